The minimum atomic E-state index is -0.489. The molecule has 3 amide bonds. The van der Waals surface area contributed by atoms with E-state index in [2.05, 4.69) is 4.90 Å². The van der Waals surface area contributed by atoms with Gasteiger partial charge < -0.3 is 14.4 Å². The summed E-state index contributed by atoms with van der Waals surface area (Å²) in [6, 6.07) is 24.1. The van der Waals surface area contributed by atoms with E-state index in [-0.39, 0.29) is 23.0 Å². The smallest absolute Gasteiger partial charge is 0.294 e. The predicted molar refractivity (Wildman–Crippen MR) is 162 cm³/mol. The van der Waals surface area contributed by atoms with Gasteiger partial charge in [0, 0.05) is 73.2 Å². The standard InChI is InChI=1S/C31H27N5O5S/c37-29(33-15-13-32(14-16-33)24-8-2-1-3-9-24)21-35-30(38)28(42-31(35)39)18-23-20-34(27-12-5-4-11-26(23)27)19-22-7-6-10-25(17-22)36(40)41/h1-12,17-18,20H,13-16,19,21H2/b28-18+. The minimum Gasteiger partial charge on any atom is -0.368 e. The van der Waals surface area contributed by atoms with Crippen molar-refractivity contribution in [2.75, 3.05) is 37.6 Å². The Morgan fingerprint density at radius 1 is 0.929 bits per heavy atom. The molecular formula is C31H27N5O5S. The number of hydrogen-bond acceptors (Lipinski definition) is 7. The molecule has 0 saturated carbocycles. The van der Waals surface area contributed by atoms with Gasteiger partial charge in [-0.05, 0) is 41.6 Å². The monoisotopic (exact) mass is 581 g/mol. The van der Waals surface area contributed by atoms with Crippen molar-refractivity contribution in [3.05, 3.63) is 111 Å². The van der Waals surface area contributed by atoms with Crippen molar-refractivity contribution < 1.29 is 19.3 Å². The second-order valence-electron chi connectivity index (χ2n) is 10.1. The van der Waals surface area contributed by atoms with E-state index in [4.69, 9.17) is 0 Å². The third kappa shape index (κ3) is 5.51. The van der Waals surface area contributed by atoms with Gasteiger partial charge in [0.05, 0.1) is 9.83 Å². The normalized spacial score (nSPS) is 16.6. The fraction of sp³-hybridized carbons (Fsp3) is 0.194. The Morgan fingerprint density at radius 3 is 2.43 bits per heavy atom. The molecule has 3 aromatic carbocycles. The summed E-state index contributed by atoms with van der Waals surface area (Å²) < 4.78 is 1.96. The molecule has 2 aliphatic rings. The molecule has 0 bridgehead atoms. The van der Waals surface area contributed by atoms with E-state index in [1.807, 2.05) is 71.4 Å². The summed E-state index contributed by atoms with van der Waals surface area (Å²) in [6.45, 7) is 2.50. The van der Waals surface area contributed by atoms with Crippen molar-refractivity contribution in [1.82, 2.24) is 14.4 Å². The Morgan fingerprint density at radius 2 is 1.67 bits per heavy atom. The molecule has 2 fully saturated rings. The lowest BCUT2D eigenvalue weighted by atomic mass is 10.1. The highest BCUT2D eigenvalue weighted by atomic mass is 32.2. The van der Waals surface area contributed by atoms with Crippen LogP contribution in [0.4, 0.5) is 16.2 Å². The number of aromatic nitrogens is 1. The fourth-order valence-corrected chi connectivity index (χ4v) is 6.18. The molecule has 2 saturated heterocycles. The van der Waals surface area contributed by atoms with Crippen LogP contribution in [0.5, 0.6) is 0 Å². The lowest BCUT2D eigenvalue weighted by Crippen LogP contribution is -2.51. The molecule has 1 aromatic heterocycles. The van der Waals surface area contributed by atoms with Gasteiger partial charge in [-0.2, -0.15) is 0 Å². The number of amides is 3. The number of anilines is 1. The number of fused-ring (bicyclic) bond motifs is 1. The summed E-state index contributed by atoms with van der Waals surface area (Å²) in [6.07, 6.45) is 3.55. The van der Waals surface area contributed by atoms with Crippen molar-refractivity contribution in [1.29, 1.82) is 0 Å². The number of piperazine rings is 1. The zero-order valence-electron chi connectivity index (χ0n) is 22.6. The molecule has 11 heteroatoms. The number of nitro benzene ring substituents is 1. The highest BCUT2D eigenvalue weighted by molar-refractivity contribution is 8.18. The number of carbonyl (C=O) groups is 3. The number of para-hydroxylation sites is 2. The highest BCUT2D eigenvalue weighted by Gasteiger charge is 2.37. The molecule has 0 N–H and O–H groups in total. The second-order valence-corrected chi connectivity index (χ2v) is 11.1. The predicted octanol–water partition coefficient (Wildman–Crippen LogP) is 4.98. The molecule has 42 heavy (non-hydrogen) atoms. The van der Waals surface area contributed by atoms with Crippen molar-refractivity contribution in [2.24, 2.45) is 0 Å². The molecule has 4 aromatic rings. The molecule has 0 aliphatic carbocycles. The molecule has 10 nitrogen and oxygen atoms in total. The van der Waals surface area contributed by atoms with E-state index in [1.165, 1.54) is 6.07 Å². The maximum Gasteiger partial charge on any atom is 0.294 e. The molecule has 6 rings (SSSR count). The van der Waals surface area contributed by atoms with Gasteiger partial charge in [0.2, 0.25) is 5.91 Å². The van der Waals surface area contributed by atoms with Gasteiger partial charge in [-0.25, -0.2) is 0 Å². The van der Waals surface area contributed by atoms with Crippen molar-refractivity contribution in [2.45, 2.75) is 6.54 Å². The van der Waals surface area contributed by atoms with E-state index in [0.29, 0.717) is 32.7 Å². The van der Waals surface area contributed by atoms with Crippen LogP contribution < -0.4 is 4.90 Å². The zero-order valence-corrected chi connectivity index (χ0v) is 23.4. The van der Waals surface area contributed by atoms with Gasteiger partial charge in [0.1, 0.15) is 6.54 Å². The molecular weight excluding hydrogens is 554 g/mol. The van der Waals surface area contributed by atoms with Crippen molar-refractivity contribution >= 4 is 57.2 Å². The van der Waals surface area contributed by atoms with E-state index in [9.17, 15) is 24.5 Å². The summed E-state index contributed by atoms with van der Waals surface area (Å²) in [5, 5.41) is 11.6. The van der Waals surface area contributed by atoms with Crippen LogP contribution in [0.3, 0.4) is 0 Å². The first-order chi connectivity index (χ1) is 20.4. The van der Waals surface area contributed by atoms with Crippen LogP contribution in [0.15, 0.2) is 90.0 Å². The Hall–Kier alpha value is -4.90. The van der Waals surface area contributed by atoms with Crippen LogP contribution >= 0.6 is 11.8 Å². The van der Waals surface area contributed by atoms with Gasteiger partial charge in [-0.1, -0.05) is 48.5 Å². The molecule has 0 radical (unpaired) electrons. The molecule has 0 atom stereocenters. The first-order valence-corrected chi connectivity index (χ1v) is 14.3. The third-order valence-electron chi connectivity index (χ3n) is 7.50. The van der Waals surface area contributed by atoms with Crippen LogP contribution in [0.25, 0.3) is 17.0 Å². The molecule has 2 aliphatic heterocycles. The van der Waals surface area contributed by atoms with E-state index in [1.54, 1.807) is 23.1 Å². The number of nitrogens with zero attached hydrogens (tertiary/aromatic N) is 5. The number of carbonyl (C=O) groups excluding carboxylic acids is 3. The first-order valence-electron chi connectivity index (χ1n) is 13.5. The topological polar surface area (TPSA) is 109 Å². The summed E-state index contributed by atoms with van der Waals surface area (Å²) in [7, 11) is 0. The average Bonchev–Trinajstić information content (AvgIpc) is 3.49. The quantitative estimate of drug-likeness (QED) is 0.172. The van der Waals surface area contributed by atoms with E-state index in [0.717, 1.165) is 44.4 Å². The minimum absolute atomic E-state index is 0.0190. The number of imide groups is 1. The maximum atomic E-state index is 13.3. The largest absolute Gasteiger partial charge is 0.368 e. The van der Waals surface area contributed by atoms with Crippen LogP contribution in [0.1, 0.15) is 11.1 Å². The van der Waals surface area contributed by atoms with E-state index >= 15 is 0 Å². The summed E-state index contributed by atoms with van der Waals surface area (Å²) in [5.74, 6) is -0.739. The van der Waals surface area contributed by atoms with Crippen LogP contribution in [0.2, 0.25) is 0 Å². The third-order valence-corrected chi connectivity index (χ3v) is 8.41. The number of nitro groups is 1. The zero-order chi connectivity index (χ0) is 29.2. The summed E-state index contributed by atoms with van der Waals surface area (Å²) in [4.78, 5) is 55.1. The van der Waals surface area contributed by atoms with Gasteiger partial charge in [0.25, 0.3) is 16.8 Å². The van der Waals surface area contributed by atoms with Crippen LogP contribution in [-0.4, -0.2) is 69.1 Å². The average molecular weight is 582 g/mol. The van der Waals surface area contributed by atoms with Crippen molar-refractivity contribution in [3.63, 3.8) is 0 Å². The summed E-state index contributed by atoms with van der Waals surface area (Å²) >= 11 is 0.825. The second kappa shape index (κ2) is 11.5. The highest BCUT2D eigenvalue weighted by Crippen LogP contribution is 2.34. The number of rotatable bonds is 7. The molecule has 212 valence electrons. The van der Waals surface area contributed by atoms with E-state index < -0.39 is 16.1 Å². The number of thioether (sulfide) groups is 1. The van der Waals surface area contributed by atoms with Crippen LogP contribution in [-0.2, 0) is 16.1 Å². The SMILES string of the molecule is O=C(CN1C(=O)S/C(=C/c2cn(Cc3cccc([N+](=O)[O-])c3)c3ccccc23)C1=O)N1CCN(c2ccccc2)CC1. The maximum absolute atomic E-state index is 13.3. The number of hydrogen-bond donors (Lipinski definition) is 0. The Labute approximate surface area is 245 Å². The fourth-order valence-electron chi connectivity index (χ4n) is 5.35. The van der Waals surface area contributed by atoms with Gasteiger partial charge in [-0.15, -0.1) is 0 Å². The molecule has 0 unspecified atom stereocenters. The lowest BCUT2D eigenvalue weighted by molar-refractivity contribution is -0.384. The Balaban J connectivity index is 1.16. The molecule has 0 spiro atoms. The first kappa shape index (κ1) is 27.3. The van der Waals surface area contributed by atoms with Crippen LogP contribution in [0, 0.1) is 10.1 Å². The molecule has 3 heterocycles. The number of non-ortho nitro benzene ring substituents is 1. The Kier molecular flexibility index (Phi) is 7.49. The van der Waals surface area contributed by atoms with Gasteiger partial charge >= 0.3 is 0 Å². The lowest BCUT2D eigenvalue weighted by Gasteiger charge is -2.36. The van der Waals surface area contributed by atoms with Gasteiger partial charge in [0.15, 0.2) is 0 Å². The van der Waals surface area contributed by atoms with Gasteiger partial charge in [-0.3, -0.25) is 29.4 Å². The summed E-state index contributed by atoms with van der Waals surface area (Å²) in [5.41, 5.74) is 3.52. The Bertz CT molecular complexity index is 1730. The number of benzene rings is 3. The van der Waals surface area contributed by atoms with Crippen molar-refractivity contribution in [3.8, 4) is 0 Å².